The molecule has 1 unspecified atom stereocenters. The molecule has 0 N–H and O–H groups in total. The molecule has 0 bridgehead atoms. The first-order valence-electron chi connectivity index (χ1n) is 6.01. The summed E-state index contributed by atoms with van der Waals surface area (Å²) in [5.74, 6) is 0. The molecular formula is C12H19N3O2. The van der Waals surface area contributed by atoms with Gasteiger partial charge in [-0.15, -0.1) is 0 Å². The number of hydrogen-bond acceptors (Lipinski definition) is 3. The number of carbonyl (C=O) groups is 1. The molecule has 0 aromatic carbocycles. The van der Waals surface area contributed by atoms with Crippen LogP contribution in [0.1, 0.15) is 39.0 Å². The van der Waals surface area contributed by atoms with Gasteiger partial charge in [0.1, 0.15) is 5.69 Å². The van der Waals surface area contributed by atoms with Crippen LogP contribution in [0.2, 0.25) is 0 Å². The van der Waals surface area contributed by atoms with E-state index in [1.807, 2.05) is 31.7 Å². The minimum absolute atomic E-state index is 0.0346. The van der Waals surface area contributed by atoms with E-state index in [4.69, 9.17) is 4.74 Å². The minimum Gasteiger partial charge on any atom is -0.437 e. The highest BCUT2D eigenvalue weighted by molar-refractivity contribution is 5.71. The number of cyclic esters (lactones) is 1. The van der Waals surface area contributed by atoms with Gasteiger partial charge in [-0.1, -0.05) is 6.92 Å². The van der Waals surface area contributed by atoms with Crippen molar-refractivity contribution >= 4 is 6.09 Å². The predicted molar refractivity (Wildman–Crippen MR) is 63.5 cm³/mol. The number of carbonyl (C=O) groups excluding carboxylic acids is 1. The quantitative estimate of drug-likeness (QED) is 0.808. The highest BCUT2D eigenvalue weighted by Crippen LogP contribution is 2.33. The summed E-state index contributed by atoms with van der Waals surface area (Å²) in [6, 6.07) is 0.235. The summed E-state index contributed by atoms with van der Waals surface area (Å²) in [4.78, 5) is 17.9. The van der Waals surface area contributed by atoms with E-state index in [0.29, 0.717) is 0 Å². The molecule has 0 aliphatic carbocycles. The number of hydrogen-bond donors (Lipinski definition) is 0. The monoisotopic (exact) mass is 237 g/mol. The molecule has 1 fully saturated rings. The van der Waals surface area contributed by atoms with E-state index in [1.54, 1.807) is 11.2 Å². The molecule has 1 aliphatic rings. The summed E-state index contributed by atoms with van der Waals surface area (Å²) in [6.07, 6.45) is 4.06. The van der Waals surface area contributed by atoms with Gasteiger partial charge in [0.2, 0.25) is 0 Å². The van der Waals surface area contributed by atoms with Crippen LogP contribution in [0.25, 0.3) is 0 Å². The lowest BCUT2D eigenvalue weighted by Gasteiger charge is -2.25. The number of aryl methyl sites for hydroxylation is 1. The summed E-state index contributed by atoms with van der Waals surface area (Å²) in [6.45, 7) is 6.12. The molecule has 0 spiro atoms. The maximum Gasteiger partial charge on any atom is 0.411 e. The zero-order valence-corrected chi connectivity index (χ0v) is 10.8. The third-order valence-corrected chi connectivity index (χ3v) is 3.40. The first-order valence-corrected chi connectivity index (χ1v) is 6.01. The fraction of sp³-hybridized carbons (Fsp3) is 0.667. The van der Waals surface area contributed by atoms with Crippen molar-refractivity contribution in [3.05, 3.63) is 18.2 Å². The van der Waals surface area contributed by atoms with Gasteiger partial charge in [0.25, 0.3) is 0 Å². The summed E-state index contributed by atoms with van der Waals surface area (Å²) < 4.78 is 7.28. The Kier molecular flexibility index (Phi) is 3.09. The van der Waals surface area contributed by atoms with Gasteiger partial charge in [0, 0.05) is 19.3 Å². The van der Waals surface area contributed by atoms with Gasteiger partial charge in [0.15, 0.2) is 6.10 Å². The minimum atomic E-state index is -0.252. The number of amides is 1. The van der Waals surface area contributed by atoms with Crippen LogP contribution < -0.4 is 0 Å². The lowest BCUT2D eigenvalue weighted by molar-refractivity contribution is 0.126. The molecule has 5 nitrogen and oxygen atoms in total. The second-order valence-electron chi connectivity index (χ2n) is 4.67. The van der Waals surface area contributed by atoms with E-state index in [2.05, 4.69) is 11.9 Å². The molecule has 0 saturated carbocycles. The second kappa shape index (κ2) is 4.39. The van der Waals surface area contributed by atoms with E-state index >= 15 is 0 Å². The fourth-order valence-electron chi connectivity index (χ4n) is 2.25. The lowest BCUT2D eigenvalue weighted by Crippen LogP contribution is -2.39. The normalized spacial score (nSPS) is 26.1. The Morgan fingerprint density at radius 2 is 2.29 bits per heavy atom. The molecule has 1 aromatic heterocycles. The van der Waals surface area contributed by atoms with Crippen LogP contribution in [0.15, 0.2) is 12.5 Å². The van der Waals surface area contributed by atoms with Crippen LogP contribution in [-0.4, -0.2) is 32.6 Å². The highest BCUT2D eigenvalue weighted by atomic mass is 16.6. The Morgan fingerprint density at radius 1 is 1.59 bits per heavy atom. The zero-order chi connectivity index (χ0) is 12.6. The highest BCUT2D eigenvalue weighted by Gasteiger charge is 2.42. The van der Waals surface area contributed by atoms with Crippen molar-refractivity contribution in [1.82, 2.24) is 14.5 Å². The third kappa shape index (κ3) is 2.01. The first-order chi connectivity index (χ1) is 8.04. The molecule has 94 valence electrons. The summed E-state index contributed by atoms with van der Waals surface area (Å²) in [7, 11) is 1.91. The SMILES string of the molecule is CCC(C)N1C(=O)O[C@H](c2cn(C)cn2)[C@@H]1C. The molecule has 17 heavy (non-hydrogen) atoms. The van der Waals surface area contributed by atoms with E-state index in [1.165, 1.54) is 0 Å². The van der Waals surface area contributed by atoms with Crippen LogP contribution >= 0.6 is 0 Å². The van der Waals surface area contributed by atoms with E-state index in [0.717, 1.165) is 12.1 Å². The molecule has 1 aromatic rings. The number of imidazole rings is 1. The Hall–Kier alpha value is -1.52. The average Bonchev–Trinajstić information content (AvgIpc) is 2.82. The number of nitrogens with zero attached hydrogens (tertiary/aromatic N) is 3. The third-order valence-electron chi connectivity index (χ3n) is 3.40. The number of ether oxygens (including phenoxy) is 1. The Bertz CT molecular complexity index is 416. The molecule has 2 heterocycles. The van der Waals surface area contributed by atoms with Crippen molar-refractivity contribution < 1.29 is 9.53 Å². The van der Waals surface area contributed by atoms with Crippen LogP contribution in [0.4, 0.5) is 4.79 Å². The summed E-state index contributed by atoms with van der Waals surface area (Å²) in [5.41, 5.74) is 0.819. The Morgan fingerprint density at radius 3 is 2.82 bits per heavy atom. The summed E-state index contributed by atoms with van der Waals surface area (Å²) >= 11 is 0. The van der Waals surface area contributed by atoms with Gasteiger partial charge >= 0.3 is 6.09 Å². The molecular weight excluding hydrogens is 218 g/mol. The average molecular weight is 237 g/mol. The van der Waals surface area contributed by atoms with E-state index in [-0.39, 0.29) is 24.3 Å². The van der Waals surface area contributed by atoms with Gasteiger partial charge in [-0.3, -0.25) is 4.90 Å². The molecule has 2 rings (SSSR count). The Balaban J connectivity index is 2.21. The van der Waals surface area contributed by atoms with Crippen molar-refractivity contribution in [3.63, 3.8) is 0 Å². The standard InChI is InChI=1S/C12H19N3O2/c1-5-8(2)15-9(3)11(17-12(15)16)10-6-14(4)7-13-10/h6-9,11H,5H2,1-4H3/t8?,9-,11-/m0/s1. The predicted octanol–water partition coefficient (Wildman–Crippen LogP) is 2.10. The smallest absolute Gasteiger partial charge is 0.411 e. The van der Waals surface area contributed by atoms with Gasteiger partial charge in [-0.25, -0.2) is 9.78 Å². The number of aromatic nitrogens is 2. The first kappa shape index (κ1) is 12.0. The van der Waals surface area contributed by atoms with Crippen LogP contribution in [0, 0.1) is 0 Å². The van der Waals surface area contributed by atoms with Crippen molar-refractivity contribution in [2.75, 3.05) is 0 Å². The van der Waals surface area contributed by atoms with Gasteiger partial charge in [0.05, 0.1) is 12.4 Å². The molecule has 1 saturated heterocycles. The zero-order valence-electron chi connectivity index (χ0n) is 10.8. The van der Waals surface area contributed by atoms with Gasteiger partial charge in [-0.2, -0.15) is 0 Å². The maximum absolute atomic E-state index is 11.8. The Labute approximate surface area is 101 Å². The van der Waals surface area contributed by atoms with Crippen LogP contribution in [-0.2, 0) is 11.8 Å². The fourth-order valence-corrected chi connectivity index (χ4v) is 2.25. The van der Waals surface area contributed by atoms with Crippen molar-refractivity contribution in [2.45, 2.75) is 45.4 Å². The molecule has 3 atom stereocenters. The maximum atomic E-state index is 11.8. The van der Waals surface area contributed by atoms with Crippen LogP contribution in [0.3, 0.4) is 0 Å². The second-order valence-corrected chi connectivity index (χ2v) is 4.67. The molecule has 5 heteroatoms. The van der Waals surface area contributed by atoms with Gasteiger partial charge < -0.3 is 9.30 Å². The van der Waals surface area contributed by atoms with E-state index < -0.39 is 0 Å². The molecule has 0 radical (unpaired) electrons. The van der Waals surface area contributed by atoms with E-state index in [9.17, 15) is 4.79 Å². The van der Waals surface area contributed by atoms with Crippen molar-refractivity contribution in [3.8, 4) is 0 Å². The van der Waals surface area contributed by atoms with Gasteiger partial charge in [-0.05, 0) is 20.3 Å². The van der Waals surface area contributed by atoms with Crippen LogP contribution in [0.5, 0.6) is 0 Å². The topological polar surface area (TPSA) is 47.4 Å². The molecule has 1 amide bonds. The lowest BCUT2D eigenvalue weighted by atomic mass is 10.1. The summed E-state index contributed by atoms with van der Waals surface area (Å²) in [5, 5.41) is 0. The number of rotatable bonds is 3. The largest absolute Gasteiger partial charge is 0.437 e. The van der Waals surface area contributed by atoms with Crippen molar-refractivity contribution in [1.29, 1.82) is 0 Å². The van der Waals surface area contributed by atoms with Crippen molar-refractivity contribution in [2.24, 2.45) is 7.05 Å². The molecule has 1 aliphatic heterocycles.